The second-order valence-electron chi connectivity index (χ2n) is 3.09. The van der Waals surface area contributed by atoms with Gasteiger partial charge in [-0.05, 0) is 10.8 Å². The van der Waals surface area contributed by atoms with Crippen molar-refractivity contribution in [3.8, 4) is 0 Å². The summed E-state index contributed by atoms with van der Waals surface area (Å²) in [5, 5.41) is 12.4. The van der Waals surface area contributed by atoms with Gasteiger partial charge in [-0.2, -0.15) is 0 Å². The van der Waals surface area contributed by atoms with E-state index in [1.807, 2.05) is 30.3 Å². The van der Waals surface area contributed by atoms with Crippen molar-refractivity contribution in [2.75, 3.05) is 6.61 Å². The highest BCUT2D eigenvalue weighted by Crippen LogP contribution is 2.18. The Labute approximate surface area is 81.8 Å². The molecule has 0 spiro atoms. The fraction of sp³-hybridized carbons (Fsp3) is 0.0833. The number of Topliss-reactive ketones (excluding diaryl/α,β-unsaturated/α-hetero) is 1. The van der Waals surface area contributed by atoms with Crippen LogP contribution in [0, 0.1) is 0 Å². The van der Waals surface area contributed by atoms with E-state index in [0.29, 0.717) is 5.56 Å². The molecule has 0 saturated carbocycles. The summed E-state index contributed by atoms with van der Waals surface area (Å²) in [6.07, 6.45) is 0. The van der Waals surface area contributed by atoms with Gasteiger partial charge in [-0.15, -0.1) is 0 Å². The molecule has 0 N–H and O–H groups in total. The Morgan fingerprint density at radius 1 is 1.00 bits per heavy atom. The minimum atomic E-state index is -0.687. The van der Waals surface area contributed by atoms with Gasteiger partial charge in [0.2, 0.25) is 0 Å². The highest BCUT2D eigenvalue weighted by molar-refractivity contribution is 6.08. The Morgan fingerprint density at radius 2 is 1.71 bits per heavy atom. The van der Waals surface area contributed by atoms with Gasteiger partial charge in [0.05, 0.1) is 0 Å². The predicted molar refractivity (Wildman–Crippen MR) is 53.8 cm³/mol. The van der Waals surface area contributed by atoms with Gasteiger partial charge >= 0.3 is 0 Å². The third-order valence-corrected chi connectivity index (χ3v) is 2.22. The Morgan fingerprint density at radius 3 is 2.50 bits per heavy atom. The molecule has 0 unspecified atom stereocenters. The number of carbonyl (C=O) groups is 1. The Kier molecular flexibility index (Phi) is 2.29. The van der Waals surface area contributed by atoms with Crippen molar-refractivity contribution >= 4 is 16.6 Å². The van der Waals surface area contributed by atoms with E-state index in [1.54, 1.807) is 12.1 Å². The van der Waals surface area contributed by atoms with Crippen LogP contribution in [-0.4, -0.2) is 12.4 Å². The van der Waals surface area contributed by atoms with Crippen LogP contribution in [0.5, 0.6) is 0 Å². The fourth-order valence-corrected chi connectivity index (χ4v) is 1.55. The monoisotopic (exact) mass is 185 g/mol. The lowest BCUT2D eigenvalue weighted by Crippen LogP contribution is -2.03. The van der Waals surface area contributed by atoms with E-state index in [2.05, 4.69) is 0 Å². The molecule has 0 saturated heterocycles. The molecule has 0 heterocycles. The highest BCUT2D eigenvalue weighted by Gasteiger charge is 2.07. The zero-order valence-electron chi connectivity index (χ0n) is 7.57. The van der Waals surface area contributed by atoms with Gasteiger partial charge < -0.3 is 0 Å². The number of carbonyl (C=O) groups excluding carboxylic acids is 1. The Hall–Kier alpha value is -1.67. The molecule has 2 heteroatoms. The summed E-state index contributed by atoms with van der Waals surface area (Å²) in [5.41, 5.74) is 0.526. The molecule has 69 valence electrons. The van der Waals surface area contributed by atoms with Gasteiger partial charge in [0.15, 0.2) is 5.78 Å². The fourth-order valence-electron chi connectivity index (χ4n) is 1.55. The van der Waals surface area contributed by atoms with E-state index in [1.165, 1.54) is 0 Å². The molecule has 2 aromatic rings. The number of hydrogen-bond donors (Lipinski definition) is 0. The summed E-state index contributed by atoms with van der Waals surface area (Å²) in [6.45, 7) is -0.687. The smallest absolute Gasteiger partial charge is 0.192 e. The van der Waals surface area contributed by atoms with Crippen LogP contribution in [0.15, 0.2) is 42.5 Å². The van der Waals surface area contributed by atoms with Crippen molar-refractivity contribution in [1.82, 2.24) is 0 Å². The predicted octanol–water partition coefficient (Wildman–Crippen LogP) is 2.45. The number of fused-ring (bicyclic) bond motifs is 1. The van der Waals surface area contributed by atoms with Gasteiger partial charge in [0.25, 0.3) is 0 Å². The zero-order valence-corrected chi connectivity index (χ0v) is 7.57. The molecule has 0 aliphatic heterocycles. The van der Waals surface area contributed by atoms with Crippen LogP contribution >= 0.6 is 0 Å². The maximum Gasteiger partial charge on any atom is 0.192 e. The molecule has 2 rings (SSSR count). The Balaban J connectivity index is 2.71. The first-order valence-corrected chi connectivity index (χ1v) is 4.42. The first kappa shape index (κ1) is 8.91. The minimum Gasteiger partial charge on any atom is -0.291 e. The molecule has 1 radical (unpaired) electrons. The summed E-state index contributed by atoms with van der Waals surface area (Å²) >= 11 is 0. The van der Waals surface area contributed by atoms with E-state index in [9.17, 15) is 9.90 Å². The minimum absolute atomic E-state index is 0.346. The third-order valence-electron chi connectivity index (χ3n) is 2.22. The van der Waals surface area contributed by atoms with Gasteiger partial charge in [0.1, 0.15) is 6.61 Å². The topological polar surface area (TPSA) is 37.0 Å². The van der Waals surface area contributed by atoms with Crippen LogP contribution in [0.2, 0.25) is 0 Å². The summed E-state index contributed by atoms with van der Waals surface area (Å²) in [4.78, 5) is 11.3. The molecule has 0 aliphatic rings. The van der Waals surface area contributed by atoms with E-state index < -0.39 is 6.61 Å². The molecular formula is C12H9O2. The standard InChI is InChI=1S/C12H9O2/c13-8-12(14)11-7-3-5-9-4-1-2-6-10(9)11/h1-7H,8H2. The van der Waals surface area contributed by atoms with Gasteiger partial charge in [0, 0.05) is 5.56 Å². The van der Waals surface area contributed by atoms with Crippen LogP contribution < -0.4 is 0 Å². The van der Waals surface area contributed by atoms with E-state index in [4.69, 9.17) is 0 Å². The number of ketones is 1. The van der Waals surface area contributed by atoms with E-state index in [-0.39, 0.29) is 5.78 Å². The normalized spacial score (nSPS) is 10.4. The summed E-state index contributed by atoms with van der Waals surface area (Å²) in [5.74, 6) is -0.346. The van der Waals surface area contributed by atoms with Crippen molar-refractivity contribution < 1.29 is 9.90 Å². The quantitative estimate of drug-likeness (QED) is 0.662. The molecule has 0 atom stereocenters. The summed E-state index contributed by atoms with van der Waals surface area (Å²) in [7, 11) is 0. The van der Waals surface area contributed by atoms with Crippen LogP contribution in [0.4, 0.5) is 0 Å². The third kappa shape index (κ3) is 1.40. The second-order valence-corrected chi connectivity index (χ2v) is 3.09. The van der Waals surface area contributed by atoms with Gasteiger partial charge in [-0.1, -0.05) is 42.5 Å². The van der Waals surface area contributed by atoms with Crippen molar-refractivity contribution in [1.29, 1.82) is 0 Å². The molecule has 0 fully saturated rings. The molecule has 2 aromatic carbocycles. The lowest BCUT2D eigenvalue weighted by molar-refractivity contribution is 0.0829. The maximum atomic E-state index is 11.3. The zero-order chi connectivity index (χ0) is 9.97. The highest BCUT2D eigenvalue weighted by atomic mass is 16.3. The van der Waals surface area contributed by atoms with Crippen LogP contribution in [-0.2, 0) is 5.11 Å². The van der Waals surface area contributed by atoms with Gasteiger partial charge in [-0.25, -0.2) is 5.11 Å². The van der Waals surface area contributed by atoms with Crippen molar-refractivity contribution in [3.05, 3.63) is 48.0 Å². The lowest BCUT2D eigenvalue weighted by Gasteiger charge is -2.02. The summed E-state index contributed by atoms with van der Waals surface area (Å²) in [6, 6.07) is 13.0. The summed E-state index contributed by atoms with van der Waals surface area (Å²) < 4.78 is 0. The first-order chi connectivity index (χ1) is 6.83. The average molecular weight is 185 g/mol. The molecule has 0 aliphatic carbocycles. The number of rotatable bonds is 2. The molecule has 0 bridgehead atoms. The molecule has 14 heavy (non-hydrogen) atoms. The lowest BCUT2D eigenvalue weighted by atomic mass is 10.0. The van der Waals surface area contributed by atoms with E-state index in [0.717, 1.165) is 10.8 Å². The SMILES string of the molecule is [O]CC(=O)c1cccc2ccccc12. The maximum absolute atomic E-state index is 11.3. The van der Waals surface area contributed by atoms with E-state index >= 15 is 0 Å². The van der Waals surface area contributed by atoms with Crippen molar-refractivity contribution in [2.24, 2.45) is 0 Å². The first-order valence-electron chi connectivity index (χ1n) is 4.42. The average Bonchev–Trinajstić information content (AvgIpc) is 2.27. The molecule has 2 nitrogen and oxygen atoms in total. The van der Waals surface area contributed by atoms with Crippen LogP contribution in [0.25, 0.3) is 10.8 Å². The number of benzene rings is 2. The second kappa shape index (κ2) is 3.60. The van der Waals surface area contributed by atoms with Gasteiger partial charge in [-0.3, -0.25) is 4.79 Å². The largest absolute Gasteiger partial charge is 0.291 e. The van der Waals surface area contributed by atoms with Crippen molar-refractivity contribution in [2.45, 2.75) is 0 Å². The number of hydrogen-bond acceptors (Lipinski definition) is 1. The molecule has 0 aromatic heterocycles. The Bertz CT molecular complexity index is 469. The van der Waals surface area contributed by atoms with Crippen LogP contribution in [0.1, 0.15) is 10.4 Å². The van der Waals surface area contributed by atoms with Crippen LogP contribution in [0.3, 0.4) is 0 Å². The molecular weight excluding hydrogens is 176 g/mol. The van der Waals surface area contributed by atoms with Crippen molar-refractivity contribution in [3.63, 3.8) is 0 Å². The molecule has 0 amide bonds.